The molecule has 0 radical (unpaired) electrons. The maximum atomic E-state index is 13.0. The maximum Gasteiger partial charge on any atom is 0.253 e. The molecule has 27 heavy (non-hydrogen) atoms. The number of likely N-dealkylation sites (tertiary alicyclic amines) is 1. The van der Waals surface area contributed by atoms with Gasteiger partial charge in [0.25, 0.3) is 5.91 Å². The molecular weight excluding hydrogens is 349 g/mol. The first-order valence-electron chi connectivity index (χ1n) is 8.69. The number of hydrogen-bond donors (Lipinski definition) is 2. The summed E-state index contributed by atoms with van der Waals surface area (Å²) in [4.78, 5) is 37.8. The molecule has 1 aliphatic heterocycles. The van der Waals surface area contributed by atoms with Crippen LogP contribution in [0.1, 0.15) is 33.6 Å². The zero-order chi connectivity index (χ0) is 19.4. The Labute approximate surface area is 156 Å². The summed E-state index contributed by atoms with van der Waals surface area (Å²) in [7, 11) is 0. The molecule has 7 heteroatoms. The lowest BCUT2D eigenvalue weighted by atomic mass is 9.96. The van der Waals surface area contributed by atoms with Gasteiger partial charge in [0.15, 0.2) is 0 Å². The molecule has 0 aliphatic carbocycles. The van der Waals surface area contributed by atoms with Crippen LogP contribution < -0.4 is 11.1 Å². The van der Waals surface area contributed by atoms with E-state index in [1.165, 1.54) is 24.3 Å². The van der Waals surface area contributed by atoms with Crippen molar-refractivity contribution >= 4 is 23.4 Å². The van der Waals surface area contributed by atoms with Crippen LogP contribution in [0.5, 0.6) is 0 Å². The lowest BCUT2D eigenvalue weighted by Crippen LogP contribution is -2.43. The molecule has 0 saturated carbocycles. The van der Waals surface area contributed by atoms with Gasteiger partial charge in [-0.25, -0.2) is 4.39 Å². The largest absolute Gasteiger partial charge is 0.366 e. The molecule has 3 N–H and O–H groups in total. The molecule has 1 aliphatic rings. The number of nitrogens with two attached hydrogens (primary N) is 1. The van der Waals surface area contributed by atoms with Crippen molar-refractivity contribution in [2.45, 2.75) is 12.8 Å². The second-order valence-corrected chi connectivity index (χ2v) is 6.53. The second kappa shape index (κ2) is 7.99. The van der Waals surface area contributed by atoms with Crippen LogP contribution in [0, 0.1) is 11.7 Å². The first kappa shape index (κ1) is 18.6. The zero-order valence-corrected chi connectivity index (χ0v) is 14.7. The number of piperidine rings is 1. The van der Waals surface area contributed by atoms with Crippen molar-refractivity contribution in [1.29, 1.82) is 0 Å². The second-order valence-electron chi connectivity index (χ2n) is 6.53. The number of nitrogens with one attached hydrogen (secondary N) is 1. The Morgan fingerprint density at radius 1 is 1.00 bits per heavy atom. The number of rotatable bonds is 4. The maximum absolute atomic E-state index is 13.0. The normalized spacial score (nSPS) is 16.6. The first-order valence-corrected chi connectivity index (χ1v) is 8.69. The molecule has 0 aromatic heterocycles. The first-order chi connectivity index (χ1) is 12.9. The van der Waals surface area contributed by atoms with Crippen LogP contribution in [0.4, 0.5) is 10.1 Å². The van der Waals surface area contributed by atoms with Crippen molar-refractivity contribution in [1.82, 2.24) is 4.90 Å². The summed E-state index contributed by atoms with van der Waals surface area (Å²) in [6.45, 7) is 0.870. The van der Waals surface area contributed by atoms with Crippen molar-refractivity contribution in [2.75, 3.05) is 18.4 Å². The van der Waals surface area contributed by atoms with E-state index in [1.807, 2.05) is 0 Å². The molecule has 1 heterocycles. The molecule has 6 nitrogen and oxygen atoms in total. The average Bonchev–Trinajstić information content (AvgIpc) is 2.68. The minimum atomic E-state index is -0.532. The van der Waals surface area contributed by atoms with Crippen molar-refractivity contribution in [2.24, 2.45) is 11.7 Å². The predicted octanol–water partition coefficient (Wildman–Crippen LogP) is 2.42. The Kier molecular flexibility index (Phi) is 5.49. The molecule has 1 saturated heterocycles. The van der Waals surface area contributed by atoms with Crippen molar-refractivity contribution in [3.8, 4) is 0 Å². The summed E-state index contributed by atoms with van der Waals surface area (Å²) in [5.74, 6) is -1.66. The van der Waals surface area contributed by atoms with Crippen LogP contribution in [0.3, 0.4) is 0 Å². The topological polar surface area (TPSA) is 92.5 Å². The van der Waals surface area contributed by atoms with Gasteiger partial charge in [-0.1, -0.05) is 0 Å². The molecule has 3 rings (SSSR count). The SMILES string of the molecule is NC(=O)c1ccc(NC(=O)[C@H]2CCCN(C(=O)c3ccc(F)cc3)C2)cc1. The Balaban J connectivity index is 1.63. The van der Waals surface area contributed by atoms with Gasteiger partial charge in [0.2, 0.25) is 11.8 Å². The predicted molar refractivity (Wildman–Crippen MR) is 98.6 cm³/mol. The Hall–Kier alpha value is -3.22. The molecular formula is C20H20FN3O3. The number of anilines is 1. The van der Waals surface area contributed by atoms with Gasteiger partial charge in [-0.2, -0.15) is 0 Å². The van der Waals surface area contributed by atoms with Crippen LogP contribution in [0.25, 0.3) is 0 Å². The van der Waals surface area contributed by atoms with Gasteiger partial charge < -0.3 is 16.0 Å². The van der Waals surface area contributed by atoms with E-state index in [9.17, 15) is 18.8 Å². The highest BCUT2D eigenvalue weighted by molar-refractivity contribution is 5.97. The number of carbonyl (C=O) groups is 3. The van der Waals surface area contributed by atoms with Gasteiger partial charge in [-0.05, 0) is 61.4 Å². The molecule has 140 valence electrons. The van der Waals surface area contributed by atoms with Crippen molar-refractivity contribution in [3.63, 3.8) is 0 Å². The summed E-state index contributed by atoms with van der Waals surface area (Å²) in [5, 5.41) is 2.81. The summed E-state index contributed by atoms with van der Waals surface area (Å²) in [5.41, 5.74) is 6.52. The lowest BCUT2D eigenvalue weighted by Gasteiger charge is -2.32. The summed E-state index contributed by atoms with van der Waals surface area (Å²) >= 11 is 0. The minimum Gasteiger partial charge on any atom is -0.366 e. The van der Waals surface area contributed by atoms with Gasteiger partial charge >= 0.3 is 0 Å². The summed E-state index contributed by atoms with van der Waals surface area (Å²) in [6.07, 6.45) is 1.39. The van der Waals surface area contributed by atoms with Gasteiger partial charge in [0, 0.05) is 29.9 Å². The number of amides is 3. The highest BCUT2D eigenvalue weighted by Crippen LogP contribution is 2.21. The number of hydrogen-bond acceptors (Lipinski definition) is 3. The highest BCUT2D eigenvalue weighted by Gasteiger charge is 2.29. The fraction of sp³-hybridized carbons (Fsp3) is 0.250. The van der Waals surface area contributed by atoms with E-state index in [0.717, 1.165) is 0 Å². The monoisotopic (exact) mass is 369 g/mol. The molecule has 2 aromatic carbocycles. The molecule has 0 unspecified atom stereocenters. The smallest absolute Gasteiger partial charge is 0.253 e. The van der Waals surface area contributed by atoms with Gasteiger partial charge in [0.1, 0.15) is 5.82 Å². The van der Waals surface area contributed by atoms with Crippen LogP contribution in [0.2, 0.25) is 0 Å². The van der Waals surface area contributed by atoms with Crippen molar-refractivity contribution < 1.29 is 18.8 Å². The van der Waals surface area contributed by atoms with E-state index in [4.69, 9.17) is 5.73 Å². The fourth-order valence-electron chi connectivity index (χ4n) is 3.11. The average molecular weight is 369 g/mol. The standard InChI is InChI=1S/C20H20FN3O3/c21-16-7-3-14(4-8-16)20(27)24-11-1-2-15(12-24)19(26)23-17-9-5-13(6-10-17)18(22)25/h3-10,15H,1-2,11-12H2,(H2,22,25)(H,23,26)/t15-/m0/s1. The molecule has 3 amide bonds. The highest BCUT2D eigenvalue weighted by atomic mass is 19.1. The zero-order valence-electron chi connectivity index (χ0n) is 14.7. The van der Waals surface area contributed by atoms with Crippen LogP contribution in [-0.4, -0.2) is 35.7 Å². The quantitative estimate of drug-likeness (QED) is 0.867. The Morgan fingerprint density at radius 2 is 1.63 bits per heavy atom. The number of primary amides is 1. The van der Waals surface area contributed by atoms with Crippen LogP contribution >= 0.6 is 0 Å². The number of carbonyl (C=O) groups excluding carboxylic acids is 3. The van der Waals surface area contributed by atoms with Gasteiger partial charge in [0.05, 0.1) is 5.92 Å². The van der Waals surface area contributed by atoms with Crippen molar-refractivity contribution in [3.05, 3.63) is 65.5 Å². The van der Waals surface area contributed by atoms with E-state index < -0.39 is 11.7 Å². The van der Waals surface area contributed by atoms with E-state index in [1.54, 1.807) is 29.2 Å². The summed E-state index contributed by atoms with van der Waals surface area (Å²) < 4.78 is 13.0. The van der Waals surface area contributed by atoms with Crippen LogP contribution in [-0.2, 0) is 4.79 Å². The van der Waals surface area contributed by atoms with Gasteiger partial charge in [-0.15, -0.1) is 0 Å². The van der Waals surface area contributed by atoms with E-state index in [0.29, 0.717) is 42.7 Å². The van der Waals surface area contributed by atoms with E-state index in [2.05, 4.69) is 5.32 Å². The number of nitrogens with zero attached hydrogens (tertiary/aromatic N) is 1. The third kappa shape index (κ3) is 4.49. The lowest BCUT2D eigenvalue weighted by molar-refractivity contribution is -0.121. The number of benzene rings is 2. The molecule has 2 aromatic rings. The Morgan fingerprint density at radius 3 is 2.26 bits per heavy atom. The third-order valence-electron chi connectivity index (χ3n) is 4.61. The minimum absolute atomic E-state index is 0.182. The fourth-order valence-corrected chi connectivity index (χ4v) is 3.11. The van der Waals surface area contributed by atoms with E-state index >= 15 is 0 Å². The number of halogens is 1. The van der Waals surface area contributed by atoms with Crippen LogP contribution in [0.15, 0.2) is 48.5 Å². The van der Waals surface area contributed by atoms with E-state index in [-0.39, 0.29) is 17.7 Å². The summed E-state index contributed by atoms with van der Waals surface area (Å²) in [6, 6.07) is 11.7. The Bertz CT molecular complexity index is 850. The molecule has 1 atom stereocenters. The molecule has 1 fully saturated rings. The third-order valence-corrected chi connectivity index (χ3v) is 4.61. The molecule has 0 spiro atoms. The molecule has 0 bridgehead atoms. The van der Waals surface area contributed by atoms with Gasteiger partial charge in [-0.3, -0.25) is 14.4 Å².